The summed E-state index contributed by atoms with van der Waals surface area (Å²) in [4.78, 5) is 18.3. The van der Waals surface area contributed by atoms with E-state index in [-0.39, 0.29) is 29.7 Å². The SMILES string of the molecule is [2H]c1c([2H])c([2H])c(-c2cccc(CN3CCN(c4cccc5[nH]c(=O)oc45)C([2H])C3)c2)c([2H])c1[2H]. The van der Waals surface area contributed by atoms with Crippen LogP contribution in [0.15, 0.2) is 81.9 Å². The summed E-state index contributed by atoms with van der Waals surface area (Å²) in [5, 5.41) is 0. The van der Waals surface area contributed by atoms with Crippen molar-refractivity contribution in [3.05, 3.63) is 88.8 Å². The third-order valence-electron chi connectivity index (χ3n) is 5.07. The summed E-state index contributed by atoms with van der Waals surface area (Å²) in [6.07, 6.45) is 0. The number of para-hydroxylation sites is 1. The molecule has 5 rings (SSSR count). The molecule has 1 atom stereocenters. The van der Waals surface area contributed by atoms with Crippen molar-refractivity contribution in [3.63, 3.8) is 0 Å². The zero-order valence-electron chi connectivity index (χ0n) is 21.7. The van der Waals surface area contributed by atoms with E-state index in [9.17, 15) is 4.79 Å². The number of aromatic nitrogens is 1. The minimum Gasteiger partial charge on any atom is -0.406 e. The lowest BCUT2D eigenvalue weighted by atomic mass is 10.0. The van der Waals surface area contributed by atoms with Crippen LogP contribution in [0.3, 0.4) is 0 Å². The van der Waals surface area contributed by atoms with Gasteiger partial charge in [0.15, 0.2) is 5.58 Å². The van der Waals surface area contributed by atoms with E-state index >= 15 is 0 Å². The number of oxazole rings is 1. The van der Waals surface area contributed by atoms with Crippen molar-refractivity contribution >= 4 is 16.8 Å². The Labute approximate surface area is 177 Å². The molecule has 3 aromatic carbocycles. The molecule has 5 heteroatoms. The smallest absolute Gasteiger partial charge is 0.406 e. The van der Waals surface area contributed by atoms with Gasteiger partial charge in [-0.05, 0) is 34.9 Å². The molecule has 1 fully saturated rings. The van der Waals surface area contributed by atoms with Crippen molar-refractivity contribution in [2.75, 3.05) is 31.1 Å². The van der Waals surface area contributed by atoms with E-state index in [2.05, 4.69) is 9.88 Å². The van der Waals surface area contributed by atoms with Crippen LogP contribution in [0, 0.1) is 0 Å². The summed E-state index contributed by atoms with van der Waals surface area (Å²) in [6, 6.07) is 11.2. The Morgan fingerprint density at radius 2 is 1.90 bits per heavy atom. The maximum absolute atomic E-state index is 11.6. The van der Waals surface area contributed by atoms with E-state index in [0.717, 1.165) is 5.56 Å². The molecule has 4 aromatic rings. The fraction of sp³-hybridized carbons (Fsp3) is 0.208. The molecule has 0 bridgehead atoms. The van der Waals surface area contributed by atoms with Crippen LogP contribution in [0.5, 0.6) is 0 Å². The molecule has 5 nitrogen and oxygen atoms in total. The van der Waals surface area contributed by atoms with E-state index in [1.54, 1.807) is 12.1 Å². The average Bonchev–Trinajstić information content (AvgIpc) is 3.22. The van der Waals surface area contributed by atoms with Gasteiger partial charge in [-0.25, -0.2) is 4.79 Å². The average molecular weight is 392 g/mol. The van der Waals surface area contributed by atoms with E-state index in [1.807, 2.05) is 35.2 Å². The molecule has 0 aliphatic carbocycles. The summed E-state index contributed by atoms with van der Waals surface area (Å²) in [5.74, 6) is -0.522. The summed E-state index contributed by atoms with van der Waals surface area (Å²) in [6.45, 7) is 1.70. The summed E-state index contributed by atoms with van der Waals surface area (Å²) in [5.41, 5.74) is 3.44. The second-order valence-corrected chi connectivity index (χ2v) is 6.98. The monoisotopic (exact) mass is 391 g/mol. The first-order valence-electron chi connectivity index (χ1n) is 12.5. The third-order valence-corrected chi connectivity index (χ3v) is 5.07. The Hall–Kier alpha value is -3.31. The summed E-state index contributed by atoms with van der Waals surface area (Å²) < 4.78 is 54.2. The molecule has 2 heterocycles. The normalized spacial score (nSPS) is 20.6. The first-order chi connectivity index (χ1) is 16.7. The van der Waals surface area contributed by atoms with E-state index in [0.29, 0.717) is 48.5 Å². The van der Waals surface area contributed by atoms with E-state index in [1.165, 1.54) is 0 Å². The molecule has 1 N–H and O–H groups in total. The topological polar surface area (TPSA) is 52.5 Å². The first-order valence-corrected chi connectivity index (χ1v) is 9.44. The van der Waals surface area contributed by atoms with E-state index < -0.39 is 18.3 Å². The Bertz CT molecular complexity index is 1460. The zero-order valence-corrected chi connectivity index (χ0v) is 15.7. The minimum atomic E-state index is -0.571. The molecule has 29 heavy (non-hydrogen) atoms. The lowest BCUT2D eigenvalue weighted by molar-refractivity contribution is 0.250. The number of rotatable bonds is 4. The van der Waals surface area contributed by atoms with Gasteiger partial charge in [0, 0.05) is 32.7 Å². The molecule has 1 saturated heterocycles. The van der Waals surface area contributed by atoms with Gasteiger partial charge in [0.25, 0.3) is 0 Å². The molecule has 0 amide bonds. The number of hydrogen-bond donors (Lipinski definition) is 1. The number of benzene rings is 3. The van der Waals surface area contributed by atoms with Crippen LogP contribution in [-0.2, 0) is 6.54 Å². The zero-order chi connectivity index (χ0) is 24.9. The van der Waals surface area contributed by atoms with Crippen molar-refractivity contribution in [2.24, 2.45) is 0 Å². The Morgan fingerprint density at radius 1 is 1.03 bits per heavy atom. The largest absolute Gasteiger partial charge is 0.417 e. The number of nitrogens with zero attached hydrogens (tertiary/aromatic N) is 2. The highest BCUT2D eigenvalue weighted by Crippen LogP contribution is 2.26. The highest BCUT2D eigenvalue weighted by atomic mass is 16.4. The lowest BCUT2D eigenvalue weighted by Crippen LogP contribution is -2.46. The number of hydrogen-bond acceptors (Lipinski definition) is 4. The Morgan fingerprint density at radius 3 is 2.76 bits per heavy atom. The minimum absolute atomic E-state index is 0.183. The molecule has 1 aliphatic heterocycles. The van der Waals surface area contributed by atoms with Gasteiger partial charge < -0.3 is 9.32 Å². The third kappa shape index (κ3) is 3.69. The number of anilines is 1. The molecular weight excluding hydrogens is 362 g/mol. The maximum atomic E-state index is 11.6. The number of nitrogens with one attached hydrogen (secondary N) is 1. The van der Waals surface area contributed by atoms with Gasteiger partial charge in [0.05, 0.1) is 19.4 Å². The van der Waals surface area contributed by atoms with Crippen LogP contribution in [-0.4, -0.2) is 36.0 Å². The molecule has 0 saturated carbocycles. The van der Waals surface area contributed by atoms with Crippen LogP contribution >= 0.6 is 0 Å². The van der Waals surface area contributed by atoms with Gasteiger partial charge in [-0.3, -0.25) is 9.88 Å². The summed E-state index contributed by atoms with van der Waals surface area (Å²) in [7, 11) is 0. The van der Waals surface area contributed by atoms with Crippen molar-refractivity contribution in [2.45, 2.75) is 6.54 Å². The Kier molecular flexibility index (Phi) is 3.22. The fourth-order valence-corrected chi connectivity index (χ4v) is 3.67. The van der Waals surface area contributed by atoms with Crippen LogP contribution < -0.4 is 10.7 Å². The standard InChI is InChI=1S/C24H23N3O2/c28-24-25-21-10-5-11-22(23(21)29-24)27-14-12-26(13-15-27)17-18-6-4-9-20(16-18)19-7-2-1-3-8-19/h1-11,16H,12-15,17H2,(H,25,28)/i1D,2D,3D,7D,8D,14D. The molecule has 0 radical (unpaired) electrons. The van der Waals surface area contributed by atoms with Gasteiger partial charge in [-0.2, -0.15) is 0 Å². The quantitative estimate of drug-likeness (QED) is 0.569. The Balaban J connectivity index is 1.36. The molecule has 1 unspecified atom stereocenters. The molecule has 0 spiro atoms. The van der Waals surface area contributed by atoms with Gasteiger partial charge >= 0.3 is 5.76 Å². The van der Waals surface area contributed by atoms with Crippen LogP contribution in [0.1, 0.15) is 13.8 Å². The molecule has 1 aliphatic rings. The van der Waals surface area contributed by atoms with Crippen molar-refractivity contribution in [1.82, 2.24) is 9.88 Å². The number of aromatic amines is 1. The predicted molar refractivity (Wildman–Crippen MR) is 116 cm³/mol. The highest BCUT2D eigenvalue weighted by molar-refractivity contribution is 5.86. The second-order valence-electron chi connectivity index (χ2n) is 6.98. The second kappa shape index (κ2) is 7.60. The number of piperazine rings is 1. The number of H-pyrrole nitrogens is 1. The van der Waals surface area contributed by atoms with Crippen molar-refractivity contribution in [3.8, 4) is 11.1 Å². The maximum Gasteiger partial charge on any atom is 0.417 e. The highest BCUT2D eigenvalue weighted by Gasteiger charge is 2.20. The number of fused-ring (bicyclic) bond motifs is 1. The van der Waals surface area contributed by atoms with Crippen LogP contribution in [0.4, 0.5) is 5.69 Å². The van der Waals surface area contributed by atoms with Gasteiger partial charge in [-0.15, -0.1) is 0 Å². The first kappa shape index (κ1) is 12.3. The van der Waals surface area contributed by atoms with Crippen molar-refractivity contribution in [1.29, 1.82) is 0 Å². The van der Waals surface area contributed by atoms with Gasteiger partial charge in [0.2, 0.25) is 0 Å². The van der Waals surface area contributed by atoms with Crippen LogP contribution in [0.2, 0.25) is 0 Å². The lowest BCUT2D eigenvalue weighted by Gasteiger charge is -2.36. The molecular formula is C24H23N3O2. The van der Waals surface area contributed by atoms with Gasteiger partial charge in [0.1, 0.15) is 0 Å². The van der Waals surface area contributed by atoms with Crippen LogP contribution in [0.25, 0.3) is 22.2 Å². The predicted octanol–water partition coefficient (Wildman–Crippen LogP) is 4.11. The van der Waals surface area contributed by atoms with Gasteiger partial charge in [-0.1, -0.05) is 54.5 Å². The van der Waals surface area contributed by atoms with E-state index in [4.69, 9.17) is 12.6 Å². The fourth-order valence-electron chi connectivity index (χ4n) is 3.67. The summed E-state index contributed by atoms with van der Waals surface area (Å²) >= 11 is 0. The van der Waals surface area contributed by atoms with Crippen molar-refractivity contribution < 1.29 is 12.6 Å². The molecule has 1 aromatic heterocycles. The molecule has 146 valence electrons.